The highest BCUT2D eigenvalue weighted by Crippen LogP contribution is 2.24. The average molecular weight is 255 g/mol. The van der Waals surface area contributed by atoms with Crippen LogP contribution in [0, 0.1) is 0 Å². The summed E-state index contributed by atoms with van der Waals surface area (Å²) in [7, 11) is -0.369. The van der Waals surface area contributed by atoms with E-state index in [-0.39, 0.29) is 9.52 Å². The summed E-state index contributed by atoms with van der Waals surface area (Å²) < 4.78 is 0. The van der Waals surface area contributed by atoms with Crippen molar-refractivity contribution in [2.45, 2.75) is 24.6 Å². The summed E-state index contributed by atoms with van der Waals surface area (Å²) in [4.78, 5) is 0. The van der Waals surface area contributed by atoms with Crippen LogP contribution in [0.1, 0.15) is 30.0 Å². The van der Waals surface area contributed by atoms with E-state index in [0.717, 1.165) is 6.42 Å². The summed E-state index contributed by atoms with van der Waals surface area (Å²) in [6.45, 7) is 2.19. The molecule has 2 aromatic carbocycles. The van der Waals surface area contributed by atoms with E-state index in [1.165, 1.54) is 11.1 Å². The van der Waals surface area contributed by atoms with Crippen LogP contribution < -0.4 is 5.73 Å². The van der Waals surface area contributed by atoms with Crippen LogP contribution in [0.4, 0.5) is 0 Å². The molecule has 2 rings (SSSR count). The Hall–Kier alpha value is -1.38. The standard InChI is InChI=1S/C16H21NSi/c1-2-15(17)18-16(13-9-5-3-6-10-13)14-11-7-4-8-12-14/h3-12,15-16H,2,17-18H2,1H3. The maximum absolute atomic E-state index is 6.21. The highest BCUT2D eigenvalue weighted by molar-refractivity contribution is 6.41. The molecule has 0 saturated heterocycles. The molecule has 0 spiro atoms. The van der Waals surface area contributed by atoms with E-state index >= 15 is 0 Å². The van der Waals surface area contributed by atoms with Crippen molar-refractivity contribution in [3.8, 4) is 0 Å². The Morgan fingerprint density at radius 1 is 0.889 bits per heavy atom. The van der Waals surface area contributed by atoms with Gasteiger partial charge >= 0.3 is 0 Å². The Morgan fingerprint density at radius 3 is 1.72 bits per heavy atom. The van der Waals surface area contributed by atoms with Crippen molar-refractivity contribution in [3.63, 3.8) is 0 Å². The quantitative estimate of drug-likeness (QED) is 0.817. The first kappa shape index (κ1) is 13.1. The van der Waals surface area contributed by atoms with Gasteiger partial charge in [-0.1, -0.05) is 67.6 Å². The summed E-state index contributed by atoms with van der Waals surface area (Å²) in [6, 6.07) is 21.6. The second-order valence-electron chi connectivity index (χ2n) is 4.78. The fourth-order valence-electron chi connectivity index (χ4n) is 2.30. The predicted molar refractivity (Wildman–Crippen MR) is 81.5 cm³/mol. The Morgan fingerprint density at radius 2 is 1.33 bits per heavy atom. The molecule has 0 aliphatic heterocycles. The SMILES string of the molecule is CCC(N)[SiH2]C(c1ccccc1)c1ccccc1. The topological polar surface area (TPSA) is 26.0 Å². The molecule has 2 heteroatoms. The van der Waals surface area contributed by atoms with Gasteiger partial charge in [-0.25, -0.2) is 0 Å². The molecule has 0 fully saturated rings. The largest absolute Gasteiger partial charge is 0.331 e. The Kier molecular flexibility index (Phi) is 4.73. The van der Waals surface area contributed by atoms with Crippen LogP contribution in [0.25, 0.3) is 0 Å². The van der Waals surface area contributed by atoms with Crippen LogP contribution in [0.5, 0.6) is 0 Å². The van der Waals surface area contributed by atoms with Crippen molar-refractivity contribution < 1.29 is 0 Å². The van der Waals surface area contributed by atoms with E-state index in [2.05, 4.69) is 67.6 Å². The summed E-state index contributed by atoms with van der Waals surface area (Å²) in [5, 5.41) is 0. The van der Waals surface area contributed by atoms with Crippen LogP contribution >= 0.6 is 0 Å². The zero-order valence-corrected chi connectivity index (χ0v) is 12.3. The van der Waals surface area contributed by atoms with Gasteiger partial charge in [0.05, 0.1) is 9.52 Å². The lowest BCUT2D eigenvalue weighted by Gasteiger charge is -2.20. The van der Waals surface area contributed by atoms with Crippen LogP contribution in [-0.2, 0) is 0 Å². The predicted octanol–water partition coefficient (Wildman–Crippen LogP) is 2.64. The van der Waals surface area contributed by atoms with Gasteiger partial charge in [0.2, 0.25) is 0 Å². The zero-order valence-electron chi connectivity index (χ0n) is 10.9. The van der Waals surface area contributed by atoms with E-state index in [0.29, 0.717) is 11.2 Å². The van der Waals surface area contributed by atoms with Crippen molar-refractivity contribution in [2.24, 2.45) is 5.73 Å². The van der Waals surface area contributed by atoms with Crippen LogP contribution in [0.2, 0.25) is 0 Å². The summed E-state index contributed by atoms with van der Waals surface area (Å²) in [6.07, 6.45) is 1.09. The first-order valence-electron chi connectivity index (χ1n) is 6.66. The minimum atomic E-state index is -0.369. The van der Waals surface area contributed by atoms with Gasteiger partial charge in [-0.05, 0) is 28.8 Å². The minimum absolute atomic E-state index is 0.369. The summed E-state index contributed by atoms with van der Waals surface area (Å²) >= 11 is 0. The Labute approximate surface area is 112 Å². The van der Waals surface area contributed by atoms with E-state index in [1.54, 1.807) is 0 Å². The highest BCUT2D eigenvalue weighted by atomic mass is 28.2. The van der Waals surface area contributed by atoms with Gasteiger partial charge in [-0.2, -0.15) is 0 Å². The van der Waals surface area contributed by atoms with Crippen LogP contribution in [0.3, 0.4) is 0 Å². The molecule has 0 aromatic heterocycles. The first-order valence-corrected chi connectivity index (χ1v) is 8.30. The normalized spacial score (nSPS) is 13.3. The molecule has 94 valence electrons. The molecule has 1 nitrogen and oxygen atoms in total. The summed E-state index contributed by atoms with van der Waals surface area (Å²) in [5.74, 6) is 0. The van der Waals surface area contributed by atoms with Gasteiger partial charge in [0.1, 0.15) is 0 Å². The van der Waals surface area contributed by atoms with Crippen molar-refractivity contribution in [1.29, 1.82) is 0 Å². The summed E-state index contributed by atoms with van der Waals surface area (Å²) in [5.41, 5.74) is 9.98. The lowest BCUT2D eigenvalue weighted by atomic mass is 10.0. The number of rotatable bonds is 5. The number of hydrogen-bond donors (Lipinski definition) is 1. The van der Waals surface area contributed by atoms with Gasteiger partial charge in [0, 0.05) is 0 Å². The molecule has 1 unspecified atom stereocenters. The third kappa shape index (κ3) is 3.31. The molecule has 0 saturated carbocycles. The molecular weight excluding hydrogens is 234 g/mol. The van der Waals surface area contributed by atoms with Crippen LogP contribution in [-0.4, -0.2) is 15.2 Å². The fourth-order valence-corrected chi connectivity index (χ4v) is 4.33. The second-order valence-corrected chi connectivity index (χ2v) is 7.11. The van der Waals surface area contributed by atoms with Crippen molar-refractivity contribution >= 4 is 9.52 Å². The van der Waals surface area contributed by atoms with Gasteiger partial charge in [-0.3, -0.25) is 0 Å². The van der Waals surface area contributed by atoms with E-state index < -0.39 is 0 Å². The number of hydrogen-bond acceptors (Lipinski definition) is 1. The second kappa shape index (κ2) is 6.52. The van der Waals surface area contributed by atoms with Crippen molar-refractivity contribution in [3.05, 3.63) is 71.8 Å². The van der Waals surface area contributed by atoms with Crippen molar-refractivity contribution in [1.82, 2.24) is 0 Å². The Balaban J connectivity index is 2.29. The molecule has 0 bridgehead atoms. The number of nitrogens with two attached hydrogens (primary N) is 1. The molecule has 1 atom stereocenters. The third-order valence-electron chi connectivity index (χ3n) is 3.47. The average Bonchev–Trinajstić information content (AvgIpc) is 2.46. The molecule has 0 amide bonds. The molecule has 2 aromatic rings. The maximum atomic E-state index is 6.21. The Bertz CT molecular complexity index is 416. The lowest BCUT2D eigenvalue weighted by Crippen LogP contribution is -2.31. The minimum Gasteiger partial charge on any atom is -0.331 e. The zero-order chi connectivity index (χ0) is 12.8. The van der Waals surface area contributed by atoms with Gasteiger partial charge in [-0.15, -0.1) is 0 Å². The first-order chi connectivity index (χ1) is 8.81. The molecule has 18 heavy (non-hydrogen) atoms. The third-order valence-corrected chi connectivity index (χ3v) is 6.06. The number of benzene rings is 2. The highest BCUT2D eigenvalue weighted by Gasteiger charge is 2.17. The monoisotopic (exact) mass is 255 g/mol. The smallest absolute Gasteiger partial charge is 0.0540 e. The van der Waals surface area contributed by atoms with Crippen molar-refractivity contribution in [2.75, 3.05) is 0 Å². The molecule has 0 heterocycles. The van der Waals surface area contributed by atoms with E-state index in [4.69, 9.17) is 5.73 Å². The van der Waals surface area contributed by atoms with E-state index in [1.807, 2.05) is 0 Å². The van der Waals surface area contributed by atoms with E-state index in [9.17, 15) is 0 Å². The van der Waals surface area contributed by atoms with Gasteiger partial charge in [0.15, 0.2) is 0 Å². The molecule has 0 radical (unpaired) electrons. The lowest BCUT2D eigenvalue weighted by molar-refractivity contribution is 0.830. The fraction of sp³-hybridized carbons (Fsp3) is 0.250. The molecular formula is C16H21NSi. The molecule has 2 N–H and O–H groups in total. The van der Waals surface area contributed by atoms with Crippen LogP contribution in [0.15, 0.2) is 60.7 Å². The molecule has 0 aliphatic carbocycles. The van der Waals surface area contributed by atoms with Gasteiger partial charge < -0.3 is 5.73 Å². The molecule has 0 aliphatic rings. The maximum Gasteiger partial charge on any atom is 0.0540 e. The van der Waals surface area contributed by atoms with Gasteiger partial charge in [0.25, 0.3) is 0 Å².